The highest BCUT2D eigenvalue weighted by Gasteiger charge is 2.13. The summed E-state index contributed by atoms with van der Waals surface area (Å²) < 4.78 is 6.82. The number of imidazole rings is 1. The van der Waals surface area contributed by atoms with E-state index in [4.69, 9.17) is 10.5 Å². The van der Waals surface area contributed by atoms with Gasteiger partial charge >= 0.3 is 0 Å². The highest BCUT2D eigenvalue weighted by atomic mass is 16.5. The fourth-order valence-corrected chi connectivity index (χ4v) is 1.83. The topological polar surface area (TPSA) is 82.2 Å². The van der Waals surface area contributed by atoms with Crippen LogP contribution in [0.4, 0.5) is 5.69 Å². The molecule has 0 aliphatic rings. The fourth-order valence-electron chi connectivity index (χ4n) is 1.83. The quantitative estimate of drug-likeness (QED) is 0.818. The largest absolute Gasteiger partial charge is 0.383 e. The summed E-state index contributed by atoms with van der Waals surface area (Å²) in [5.74, 6) is -0.258. The van der Waals surface area contributed by atoms with E-state index in [0.29, 0.717) is 6.54 Å². The number of carbonyl (C=O) groups is 1. The molecule has 2 aromatic rings. The third kappa shape index (κ3) is 3.91. The predicted octanol–water partition coefficient (Wildman–Crippen LogP) is 0.844. The molecule has 6 heteroatoms. The van der Waals surface area contributed by atoms with E-state index in [2.05, 4.69) is 10.3 Å². The van der Waals surface area contributed by atoms with Crippen molar-refractivity contribution in [3.05, 3.63) is 48.5 Å². The van der Waals surface area contributed by atoms with E-state index < -0.39 is 6.04 Å². The molecule has 106 valence electrons. The molecule has 0 saturated heterocycles. The SMILES string of the molecule is COCC(N)C(=O)Nc1cccc(Cn2ccnc2)c1. The molecule has 3 N–H and O–H groups in total. The van der Waals surface area contributed by atoms with Gasteiger partial charge in [0.2, 0.25) is 5.91 Å². The second-order valence-corrected chi connectivity index (χ2v) is 4.49. The number of methoxy groups -OCH3 is 1. The van der Waals surface area contributed by atoms with Crippen LogP contribution in [-0.2, 0) is 16.1 Å². The molecule has 2 rings (SSSR count). The average molecular weight is 274 g/mol. The molecular formula is C14H18N4O2. The van der Waals surface area contributed by atoms with Gasteiger partial charge in [-0.3, -0.25) is 4.79 Å². The first-order valence-corrected chi connectivity index (χ1v) is 6.29. The minimum absolute atomic E-state index is 0.195. The number of hydrogen-bond acceptors (Lipinski definition) is 4. The number of hydrogen-bond donors (Lipinski definition) is 2. The van der Waals surface area contributed by atoms with Gasteiger partial charge in [-0.05, 0) is 17.7 Å². The third-order valence-electron chi connectivity index (χ3n) is 2.80. The van der Waals surface area contributed by atoms with Crippen LogP contribution in [0, 0.1) is 0 Å². The van der Waals surface area contributed by atoms with Crippen molar-refractivity contribution >= 4 is 11.6 Å². The molecule has 0 aliphatic carbocycles. The van der Waals surface area contributed by atoms with E-state index in [1.807, 2.05) is 35.0 Å². The van der Waals surface area contributed by atoms with Crippen molar-refractivity contribution in [2.45, 2.75) is 12.6 Å². The van der Waals surface area contributed by atoms with Gasteiger partial charge in [0.25, 0.3) is 0 Å². The molecule has 0 aliphatic heterocycles. The molecule has 0 saturated carbocycles. The summed E-state index contributed by atoms with van der Waals surface area (Å²) in [6.07, 6.45) is 5.37. The van der Waals surface area contributed by atoms with Crippen LogP contribution in [0.25, 0.3) is 0 Å². The first-order valence-electron chi connectivity index (χ1n) is 6.29. The maximum absolute atomic E-state index is 11.8. The number of nitrogens with zero attached hydrogens (tertiary/aromatic N) is 2. The second kappa shape index (κ2) is 6.83. The van der Waals surface area contributed by atoms with Gasteiger partial charge < -0.3 is 20.4 Å². The molecular weight excluding hydrogens is 256 g/mol. The van der Waals surface area contributed by atoms with Gasteiger partial charge in [0.15, 0.2) is 0 Å². The molecule has 6 nitrogen and oxygen atoms in total. The van der Waals surface area contributed by atoms with E-state index in [1.54, 1.807) is 12.5 Å². The van der Waals surface area contributed by atoms with Crippen LogP contribution in [0.2, 0.25) is 0 Å². The molecule has 0 bridgehead atoms. The number of anilines is 1. The Hall–Kier alpha value is -2.18. The number of amides is 1. The molecule has 1 aromatic carbocycles. The Morgan fingerprint density at radius 2 is 2.40 bits per heavy atom. The molecule has 1 heterocycles. The van der Waals surface area contributed by atoms with Crippen molar-refractivity contribution in [3.8, 4) is 0 Å². The average Bonchev–Trinajstić information content (AvgIpc) is 2.92. The Bertz CT molecular complexity index is 554. The summed E-state index contributed by atoms with van der Waals surface area (Å²) in [6, 6.07) is 6.96. The first-order chi connectivity index (χ1) is 9.69. The lowest BCUT2D eigenvalue weighted by Gasteiger charge is -2.12. The van der Waals surface area contributed by atoms with Crippen LogP contribution in [0.15, 0.2) is 43.0 Å². The smallest absolute Gasteiger partial charge is 0.243 e. The number of carbonyl (C=O) groups excluding carboxylic acids is 1. The Morgan fingerprint density at radius 1 is 1.55 bits per heavy atom. The van der Waals surface area contributed by atoms with E-state index in [0.717, 1.165) is 11.3 Å². The molecule has 1 amide bonds. The lowest BCUT2D eigenvalue weighted by Crippen LogP contribution is -2.39. The van der Waals surface area contributed by atoms with Gasteiger partial charge in [-0.15, -0.1) is 0 Å². The molecule has 1 atom stereocenters. The van der Waals surface area contributed by atoms with Gasteiger partial charge in [0, 0.05) is 31.7 Å². The minimum atomic E-state index is -0.669. The molecule has 1 unspecified atom stereocenters. The molecule has 0 fully saturated rings. The summed E-state index contributed by atoms with van der Waals surface area (Å²) in [4.78, 5) is 15.8. The summed E-state index contributed by atoms with van der Waals surface area (Å²) >= 11 is 0. The van der Waals surface area contributed by atoms with E-state index in [-0.39, 0.29) is 12.5 Å². The van der Waals surface area contributed by atoms with Crippen LogP contribution >= 0.6 is 0 Å². The summed E-state index contributed by atoms with van der Waals surface area (Å²) in [5.41, 5.74) is 7.47. The van der Waals surface area contributed by atoms with E-state index in [9.17, 15) is 4.79 Å². The summed E-state index contributed by atoms with van der Waals surface area (Å²) in [7, 11) is 1.51. The van der Waals surface area contributed by atoms with Crippen LogP contribution in [0.1, 0.15) is 5.56 Å². The van der Waals surface area contributed by atoms with E-state index >= 15 is 0 Å². The molecule has 0 radical (unpaired) electrons. The Balaban J connectivity index is 2.00. The number of nitrogens with one attached hydrogen (secondary N) is 1. The number of aromatic nitrogens is 2. The van der Waals surface area contributed by atoms with Crippen molar-refractivity contribution in [1.29, 1.82) is 0 Å². The Labute approximate surface area is 117 Å². The Kier molecular flexibility index (Phi) is 4.86. The zero-order chi connectivity index (χ0) is 14.4. The zero-order valence-corrected chi connectivity index (χ0v) is 11.3. The van der Waals surface area contributed by atoms with Gasteiger partial charge in [-0.2, -0.15) is 0 Å². The second-order valence-electron chi connectivity index (χ2n) is 4.49. The minimum Gasteiger partial charge on any atom is -0.383 e. The highest BCUT2D eigenvalue weighted by Crippen LogP contribution is 2.12. The number of nitrogens with two attached hydrogens (primary N) is 1. The van der Waals surface area contributed by atoms with Crippen molar-refractivity contribution in [2.75, 3.05) is 19.0 Å². The van der Waals surface area contributed by atoms with Crippen LogP contribution in [0.5, 0.6) is 0 Å². The Morgan fingerprint density at radius 3 is 3.10 bits per heavy atom. The molecule has 20 heavy (non-hydrogen) atoms. The third-order valence-corrected chi connectivity index (χ3v) is 2.80. The first kappa shape index (κ1) is 14.2. The predicted molar refractivity (Wildman–Crippen MR) is 76.3 cm³/mol. The number of ether oxygens (including phenoxy) is 1. The standard InChI is InChI=1S/C14H18N4O2/c1-20-9-13(15)14(19)17-12-4-2-3-11(7-12)8-18-6-5-16-10-18/h2-7,10,13H,8-9,15H2,1H3,(H,17,19). The maximum Gasteiger partial charge on any atom is 0.243 e. The van der Waals surface area contributed by atoms with Gasteiger partial charge in [-0.1, -0.05) is 12.1 Å². The number of benzene rings is 1. The lowest BCUT2D eigenvalue weighted by atomic mass is 10.2. The van der Waals surface area contributed by atoms with Gasteiger partial charge in [0.1, 0.15) is 6.04 Å². The highest BCUT2D eigenvalue weighted by molar-refractivity contribution is 5.94. The van der Waals surface area contributed by atoms with Crippen molar-refractivity contribution in [3.63, 3.8) is 0 Å². The van der Waals surface area contributed by atoms with Crippen molar-refractivity contribution < 1.29 is 9.53 Å². The van der Waals surface area contributed by atoms with Crippen LogP contribution in [0.3, 0.4) is 0 Å². The monoisotopic (exact) mass is 274 g/mol. The van der Waals surface area contributed by atoms with Crippen LogP contribution in [-0.4, -0.2) is 35.2 Å². The number of rotatable bonds is 6. The molecule has 0 spiro atoms. The van der Waals surface area contributed by atoms with Gasteiger partial charge in [-0.25, -0.2) is 4.98 Å². The van der Waals surface area contributed by atoms with E-state index in [1.165, 1.54) is 7.11 Å². The molecule has 1 aromatic heterocycles. The lowest BCUT2D eigenvalue weighted by molar-refractivity contribution is -0.118. The summed E-state index contributed by atoms with van der Waals surface area (Å²) in [5, 5.41) is 2.78. The van der Waals surface area contributed by atoms with Gasteiger partial charge in [0.05, 0.1) is 12.9 Å². The van der Waals surface area contributed by atoms with Crippen LogP contribution < -0.4 is 11.1 Å². The van der Waals surface area contributed by atoms with Crippen molar-refractivity contribution in [2.24, 2.45) is 5.73 Å². The van der Waals surface area contributed by atoms with Crippen molar-refractivity contribution in [1.82, 2.24) is 9.55 Å². The summed E-state index contributed by atoms with van der Waals surface area (Å²) in [6.45, 7) is 0.897. The zero-order valence-electron chi connectivity index (χ0n) is 11.3. The fraction of sp³-hybridized carbons (Fsp3) is 0.286. The normalized spacial score (nSPS) is 12.1. The maximum atomic E-state index is 11.8.